The fourth-order valence-corrected chi connectivity index (χ4v) is 12.7. The number of hydrogen-bond donors (Lipinski definition) is 0. The first kappa shape index (κ1) is 30.5. The zero-order chi connectivity index (χ0) is 35.6. The van der Waals surface area contributed by atoms with Gasteiger partial charge in [-0.05, 0) is 52.0 Å². The van der Waals surface area contributed by atoms with Gasteiger partial charge in [-0.1, -0.05) is 152 Å². The van der Waals surface area contributed by atoms with E-state index >= 15 is 0 Å². The van der Waals surface area contributed by atoms with Crippen molar-refractivity contribution in [3.63, 3.8) is 0 Å². The summed E-state index contributed by atoms with van der Waals surface area (Å²) < 4.78 is 6.52. The molecule has 0 atom stereocenters. The molecule has 0 amide bonds. The van der Waals surface area contributed by atoms with Crippen molar-refractivity contribution in [3.05, 3.63) is 188 Å². The zero-order valence-electron chi connectivity index (χ0n) is 29.0. The third-order valence-electron chi connectivity index (χ3n) is 10.7. The van der Waals surface area contributed by atoms with E-state index in [1.54, 1.807) is 0 Å². The van der Waals surface area contributed by atoms with Gasteiger partial charge in [0.15, 0.2) is 0 Å². The molecule has 0 radical (unpaired) electrons. The fourth-order valence-electron chi connectivity index (χ4n) is 8.36. The van der Waals surface area contributed by atoms with Crippen molar-refractivity contribution in [2.75, 3.05) is 0 Å². The van der Waals surface area contributed by atoms with Crippen LogP contribution >= 0.6 is 0 Å². The van der Waals surface area contributed by atoms with Crippen LogP contribution in [0.5, 0.6) is 0 Å². The number of nitrogens with zero attached hydrogens (tertiary/aromatic N) is 7. The lowest BCUT2D eigenvalue weighted by molar-refractivity contribution is 0.895. The second-order valence-electron chi connectivity index (χ2n) is 13.5. The van der Waals surface area contributed by atoms with E-state index in [4.69, 9.17) is 19.9 Å². The van der Waals surface area contributed by atoms with Gasteiger partial charge in [0, 0.05) is 10.8 Å². The van der Waals surface area contributed by atoms with E-state index in [0.29, 0.717) is 11.9 Å². The highest BCUT2D eigenvalue weighted by Gasteiger charge is 2.45. The molecule has 7 aromatic carbocycles. The molecule has 11 rings (SSSR count). The topological polar surface area (TPSA) is 65.8 Å². The SMILES string of the molecule is c1ccc([Si](c2ccccc2)(c2ccccc2)c2nc(-n3c4ccccc4c4ccccc43)nc(-n3c4ccccc4n4c5ccccc5nc34)n2)cc1. The standard InChI is InChI=1S/C46H31N7Si/c1-4-18-32(19-5-1)54(33-20-6-2-7-21-33,34-22-8-3-9-23-34)45-49-43(51-38-27-13-10-24-35(38)36-25-11-14-28-39(36)51)48-44(50-45)53-42-31-17-16-30-41(42)52-40-29-15-12-26-37(40)47-46(52)53/h1-31H. The average Bonchev–Trinajstić information content (AvgIpc) is 3.89. The normalized spacial score (nSPS) is 12.1. The largest absolute Gasteiger partial charge is 0.278 e. The van der Waals surface area contributed by atoms with Gasteiger partial charge in [-0.3, -0.25) is 8.97 Å². The average molecular weight is 710 g/mol. The van der Waals surface area contributed by atoms with E-state index in [1.807, 2.05) is 6.07 Å². The maximum atomic E-state index is 5.65. The Bertz CT molecular complexity index is 3020. The van der Waals surface area contributed by atoms with Crippen LogP contribution in [0.2, 0.25) is 0 Å². The third-order valence-corrected chi connectivity index (χ3v) is 15.1. The summed E-state index contributed by atoms with van der Waals surface area (Å²) in [5.74, 6) is 1.81. The van der Waals surface area contributed by atoms with Gasteiger partial charge in [-0.2, -0.15) is 4.98 Å². The van der Waals surface area contributed by atoms with Crippen LogP contribution in [0.4, 0.5) is 0 Å². The van der Waals surface area contributed by atoms with Crippen molar-refractivity contribution < 1.29 is 0 Å². The van der Waals surface area contributed by atoms with E-state index in [2.05, 4.69) is 196 Å². The van der Waals surface area contributed by atoms with Gasteiger partial charge in [0.05, 0.1) is 33.1 Å². The van der Waals surface area contributed by atoms with Crippen molar-refractivity contribution in [1.29, 1.82) is 0 Å². The van der Waals surface area contributed by atoms with E-state index in [1.165, 1.54) is 15.6 Å². The highest BCUT2D eigenvalue weighted by molar-refractivity contribution is 7.19. The summed E-state index contributed by atoms with van der Waals surface area (Å²) in [7, 11) is -3.21. The van der Waals surface area contributed by atoms with Crippen LogP contribution in [-0.2, 0) is 0 Å². The second-order valence-corrected chi connectivity index (χ2v) is 17.2. The van der Waals surface area contributed by atoms with Crippen molar-refractivity contribution >= 4 is 78.7 Å². The molecule has 0 aliphatic carbocycles. The molecular formula is C46H31N7Si. The Balaban J connectivity index is 1.34. The number of para-hydroxylation sites is 6. The fraction of sp³-hybridized carbons (Fsp3) is 0. The van der Waals surface area contributed by atoms with Crippen LogP contribution in [0.25, 0.3) is 61.5 Å². The van der Waals surface area contributed by atoms with Gasteiger partial charge < -0.3 is 0 Å². The third kappa shape index (κ3) is 4.34. The van der Waals surface area contributed by atoms with Crippen molar-refractivity contribution in [2.24, 2.45) is 0 Å². The molecule has 0 bridgehead atoms. The van der Waals surface area contributed by atoms with Crippen LogP contribution < -0.4 is 21.0 Å². The first-order chi connectivity index (χ1) is 26.8. The molecule has 0 aliphatic rings. The van der Waals surface area contributed by atoms with E-state index < -0.39 is 8.07 Å². The highest BCUT2D eigenvalue weighted by atomic mass is 28.3. The minimum atomic E-state index is -3.21. The lowest BCUT2D eigenvalue weighted by atomic mass is 10.2. The zero-order valence-corrected chi connectivity index (χ0v) is 30.0. The smallest absolute Gasteiger partial charge is 0.241 e. The van der Waals surface area contributed by atoms with Gasteiger partial charge in [-0.25, -0.2) is 19.5 Å². The van der Waals surface area contributed by atoms with E-state index in [9.17, 15) is 0 Å². The van der Waals surface area contributed by atoms with Crippen LogP contribution in [0.1, 0.15) is 0 Å². The summed E-state index contributed by atoms with van der Waals surface area (Å²) in [5.41, 5.74) is 6.72. The Labute approximate surface area is 311 Å². The van der Waals surface area contributed by atoms with Crippen molar-refractivity contribution in [3.8, 4) is 11.9 Å². The predicted octanol–water partition coefficient (Wildman–Crippen LogP) is 7.09. The number of hydrogen-bond acceptors (Lipinski definition) is 4. The number of benzene rings is 7. The Morgan fingerprint density at radius 2 is 0.759 bits per heavy atom. The van der Waals surface area contributed by atoms with Gasteiger partial charge in [0.25, 0.3) is 0 Å². The van der Waals surface area contributed by atoms with Crippen LogP contribution in [-0.4, -0.2) is 41.5 Å². The molecule has 0 N–H and O–H groups in total. The van der Waals surface area contributed by atoms with E-state index in [0.717, 1.165) is 55.1 Å². The molecular weight excluding hydrogens is 679 g/mol. The minimum Gasteiger partial charge on any atom is -0.278 e. The summed E-state index contributed by atoms with van der Waals surface area (Å²) in [4.78, 5) is 22.0. The van der Waals surface area contributed by atoms with Gasteiger partial charge in [0.1, 0.15) is 5.45 Å². The van der Waals surface area contributed by atoms with Gasteiger partial charge in [-0.15, -0.1) is 0 Å². The maximum absolute atomic E-state index is 5.65. The Hall–Kier alpha value is -7.16. The van der Waals surface area contributed by atoms with Gasteiger partial charge in [0.2, 0.25) is 25.7 Å². The molecule has 4 heterocycles. The van der Waals surface area contributed by atoms with Crippen LogP contribution in [0, 0.1) is 0 Å². The molecule has 0 saturated heterocycles. The monoisotopic (exact) mass is 709 g/mol. The minimum absolute atomic E-state index is 0.512. The summed E-state index contributed by atoms with van der Waals surface area (Å²) in [6, 6.07) is 66.0. The Morgan fingerprint density at radius 3 is 1.31 bits per heavy atom. The Morgan fingerprint density at radius 1 is 0.333 bits per heavy atom. The summed E-state index contributed by atoms with van der Waals surface area (Å²) in [5, 5.41) is 5.83. The Kier molecular flexibility index (Phi) is 6.74. The number of fused-ring (bicyclic) bond motifs is 8. The summed E-state index contributed by atoms with van der Waals surface area (Å²) >= 11 is 0. The molecule has 54 heavy (non-hydrogen) atoms. The molecule has 8 heteroatoms. The molecule has 0 aliphatic heterocycles. The predicted molar refractivity (Wildman–Crippen MR) is 221 cm³/mol. The summed E-state index contributed by atoms with van der Waals surface area (Å²) in [6.07, 6.45) is 0. The van der Waals surface area contributed by atoms with Gasteiger partial charge >= 0.3 is 0 Å². The second kappa shape index (κ2) is 11.9. The highest BCUT2D eigenvalue weighted by Crippen LogP contribution is 2.32. The van der Waals surface area contributed by atoms with Crippen LogP contribution in [0.15, 0.2) is 188 Å². The summed E-state index contributed by atoms with van der Waals surface area (Å²) in [6.45, 7) is 0. The van der Waals surface area contributed by atoms with Crippen LogP contribution in [0.3, 0.4) is 0 Å². The first-order valence-corrected chi connectivity index (χ1v) is 20.1. The van der Waals surface area contributed by atoms with Crippen molar-refractivity contribution in [2.45, 2.75) is 0 Å². The number of aromatic nitrogens is 7. The molecule has 0 fully saturated rings. The molecule has 254 valence electrons. The lowest BCUT2D eigenvalue weighted by Gasteiger charge is -2.32. The molecule has 7 nitrogen and oxygen atoms in total. The van der Waals surface area contributed by atoms with E-state index in [-0.39, 0.29) is 0 Å². The lowest BCUT2D eigenvalue weighted by Crippen LogP contribution is -2.76. The molecule has 11 aromatic rings. The number of imidazole rings is 2. The molecule has 4 aromatic heterocycles. The molecule has 0 unspecified atom stereocenters. The van der Waals surface area contributed by atoms with Crippen molar-refractivity contribution in [1.82, 2.24) is 33.5 Å². The first-order valence-electron chi connectivity index (χ1n) is 18.1. The molecule has 0 saturated carbocycles. The number of rotatable bonds is 6. The maximum Gasteiger partial charge on any atom is 0.241 e. The molecule has 0 spiro atoms. The quantitative estimate of drug-likeness (QED) is 0.137.